The van der Waals surface area contributed by atoms with Gasteiger partial charge in [-0.25, -0.2) is 0 Å². The highest BCUT2D eigenvalue weighted by Crippen LogP contribution is 2.38. The molecule has 3 fully saturated rings. The molecule has 48 heavy (non-hydrogen) atoms. The molecule has 0 heteroatoms. The SMILES string of the molecule is CCC(CC)(CC)CC.CCC1CC(C)CC(CC)C1.CCC1CC(CC)CC(CC)C1.CCC1CCC[C@H]1C.CC[C@H](C)[C@@H](C)CC. The molecule has 0 saturated heterocycles. The molecule has 0 aromatic rings. The second kappa shape index (κ2) is 30.6. The van der Waals surface area contributed by atoms with E-state index in [0.717, 1.165) is 59.2 Å². The summed E-state index contributed by atoms with van der Waals surface area (Å²) in [5, 5.41) is 0. The van der Waals surface area contributed by atoms with Crippen molar-refractivity contribution in [1.29, 1.82) is 0 Å². The quantitative estimate of drug-likeness (QED) is 0.182. The van der Waals surface area contributed by atoms with Crippen LogP contribution in [0.1, 0.15) is 246 Å². The molecular weight excluding hydrogens is 577 g/mol. The minimum atomic E-state index is 0.667. The fourth-order valence-electron chi connectivity index (χ4n) is 9.40. The molecule has 0 bridgehead atoms. The fraction of sp³-hybridized carbons (Fsp3) is 1.00. The van der Waals surface area contributed by atoms with Gasteiger partial charge in [-0.15, -0.1) is 0 Å². The first kappa shape index (κ1) is 50.1. The predicted octanol–water partition coefficient (Wildman–Crippen LogP) is 17.6. The molecule has 3 rings (SSSR count). The first-order valence-corrected chi connectivity index (χ1v) is 22.9. The van der Waals surface area contributed by atoms with Crippen molar-refractivity contribution in [1.82, 2.24) is 0 Å². The minimum Gasteiger partial charge on any atom is -0.0651 e. The van der Waals surface area contributed by atoms with Gasteiger partial charge in [0.05, 0.1) is 0 Å². The molecule has 0 N–H and O–H groups in total. The predicted molar refractivity (Wildman–Crippen MR) is 225 cm³/mol. The van der Waals surface area contributed by atoms with E-state index in [9.17, 15) is 0 Å². The lowest BCUT2D eigenvalue weighted by atomic mass is 9.72. The maximum atomic E-state index is 2.42. The number of hydrogen-bond acceptors (Lipinski definition) is 0. The Morgan fingerprint density at radius 2 is 0.750 bits per heavy atom. The molecule has 0 aliphatic heterocycles. The monoisotopic (exact) mass is 677 g/mol. The number of rotatable bonds is 13. The van der Waals surface area contributed by atoms with Crippen LogP contribution in [-0.2, 0) is 0 Å². The maximum Gasteiger partial charge on any atom is -0.0308 e. The Balaban J connectivity index is 0. The van der Waals surface area contributed by atoms with Crippen LogP contribution in [-0.4, -0.2) is 0 Å². The number of hydrogen-bond donors (Lipinski definition) is 0. The van der Waals surface area contributed by atoms with Crippen LogP contribution in [0.4, 0.5) is 0 Å². The highest BCUT2D eigenvalue weighted by molar-refractivity contribution is 4.78. The fourth-order valence-corrected chi connectivity index (χ4v) is 9.40. The summed E-state index contributed by atoms with van der Waals surface area (Å²) in [5.41, 5.74) is 0.667. The topological polar surface area (TPSA) is 0 Å². The van der Waals surface area contributed by atoms with Crippen LogP contribution in [0.5, 0.6) is 0 Å². The molecule has 0 radical (unpaired) electrons. The molecule has 6 atom stereocenters. The molecule has 0 amide bonds. The van der Waals surface area contributed by atoms with E-state index in [1.165, 1.54) is 135 Å². The van der Waals surface area contributed by atoms with Crippen molar-refractivity contribution < 1.29 is 0 Å². The Morgan fingerprint density at radius 1 is 0.438 bits per heavy atom. The molecule has 3 aliphatic rings. The van der Waals surface area contributed by atoms with Crippen LogP contribution < -0.4 is 0 Å². The Hall–Kier alpha value is 0. The highest BCUT2D eigenvalue weighted by atomic mass is 14.3. The summed E-state index contributed by atoms with van der Waals surface area (Å²) < 4.78 is 0. The van der Waals surface area contributed by atoms with Crippen LogP contribution in [0, 0.1) is 64.6 Å². The van der Waals surface area contributed by atoms with Gasteiger partial charge in [-0.2, -0.15) is 0 Å². The summed E-state index contributed by atoms with van der Waals surface area (Å²) >= 11 is 0. The molecule has 0 aromatic heterocycles. The van der Waals surface area contributed by atoms with Gasteiger partial charge in [0.1, 0.15) is 0 Å². The van der Waals surface area contributed by atoms with Crippen molar-refractivity contribution in [2.24, 2.45) is 64.6 Å². The minimum absolute atomic E-state index is 0.667. The standard InChI is InChI=1S/C12H24.C11H22.C9H20.C8H16.C8H18/c1-4-10-7-11(5-2)9-12(6-3)8-10;1-4-10-6-9(3)7-11(5-2)8-10;1-5-9(6-2,7-3)8-4;1-3-8-6-4-5-7(8)2;1-5-7(3)8(4)6-2/h10-12H,4-9H2,1-3H3;9-11H,4-8H2,1-3H3;5-8H2,1-4H3;7-8H,3-6H2,1-2H3;7-8H,5-6H2,1-4H3/t;;;7-,8?;7-,8-/m...10/s1. The third-order valence-electron chi connectivity index (χ3n) is 14.8. The van der Waals surface area contributed by atoms with E-state index in [0.29, 0.717) is 5.41 Å². The van der Waals surface area contributed by atoms with Crippen molar-refractivity contribution in [3.8, 4) is 0 Å². The Bertz CT molecular complexity index is 592. The van der Waals surface area contributed by atoms with Crippen molar-refractivity contribution in [3.05, 3.63) is 0 Å². The highest BCUT2D eigenvalue weighted by Gasteiger charge is 2.26. The Morgan fingerprint density at radius 3 is 0.917 bits per heavy atom. The average molecular weight is 677 g/mol. The molecule has 0 heterocycles. The smallest absolute Gasteiger partial charge is 0.0308 e. The zero-order valence-corrected chi connectivity index (χ0v) is 37.1. The summed E-state index contributed by atoms with van der Waals surface area (Å²) in [6.07, 6.45) is 30.0. The van der Waals surface area contributed by atoms with Gasteiger partial charge in [-0.3, -0.25) is 0 Å². The van der Waals surface area contributed by atoms with E-state index in [-0.39, 0.29) is 0 Å². The van der Waals surface area contributed by atoms with Crippen LogP contribution in [0.2, 0.25) is 0 Å². The first-order chi connectivity index (χ1) is 22.9. The van der Waals surface area contributed by atoms with Gasteiger partial charge in [0, 0.05) is 0 Å². The van der Waals surface area contributed by atoms with Gasteiger partial charge in [0.25, 0.3) is 0 Å². The van der Waals surface area contributed by atoms with Gasteiger partial charge in [-0.05, 0) is 103 Å². The molecule has 292 valence electrons. The summed E-state index contributed by atoms with van der Waals surface area (Å²) in [6, 6.07) is 0. The lowest BCUT2D eigenvalue weighted by Gasteiger charge is -2.33. The lowest BCUT2D eigenvalue weighted by Crippen LogP contribution is -2.21. The second-order valence-corrected chi connectivity index (χ2v) is 17.7. The van der Waals surface area contributed by atoms with Gasteiger partial charge in [0.2, 0.25) is 0 Å². The normalized spacial score (nSPS) is 29.8. The third-order valence-corrected chi connectivity index (χ3v) is 14.8. The van der Waals surface area contributed by atoms with Gasteiger partial charge in [-0.1, -0.05) is 207 Å². The molecular formula is C48H100. The van der Waals surface area contributed by atoms with Gasteiger partial charge in [0.15, 0.2) is 0 Å². The summed E-state index contributed by atoms with van der Waals surface area (Å²) in [7, 11) is 0. The molecule has 3 saturated carbocycles. The van der Waals surface area contributed by atoms with E-state index < -0.39 is 0 Å². The van der Waals surface area contributed by atoms with Crippen LogP contribution in [0.25, 0.3) is 0 Å². The summed E-state index contributed by atoms with van der Waals surface area (Å²) in [4.78, 5) is 0. The summed E-state index contributed by atoms with van der Waals surface area (Å²) in [5.74, 6) is 10.2. The van der Waals surface area contributed by atoms with Crippen molar-refractivity contribution in [3.63, 3.8) is 0 Å². The third kappa shape index (κ3) is 21.4. The van der Waals surface area contributed by atoms with Gasteiger partial charge >= 0.3 is 0 Å². The zero-order chi connectivity index (χ0) is 37.1. The van der Waals surface area contributed by atoms with E-state index in [2.05, 4.69) is 111 Å². The van der Waals surface area contributed by atoms with Crippen molar-refractivity contribution in [2.45, 2.75) is 246 Å². The Kier molecular flexibility index (Phi) is 32.0. The molecule has 3 aliphatic carbocycles. The molecule has 0 aromatic carbocycles. The van der Waals surface area contributed by atoms with E-state index in [1.807, 2.05) is 0 Å². The van der Waals surface area contributed by atoms with Crippen LogP contribution in [0.3, 0.4) is 0 Å². The van der Waals surface area contributed by atoms with Crippen molar-refractivity contribution >= 4 is 0 Å². The molecule has 3 unspecified atom stereocenters. The second-order valence-electron chi connectivity index (χ2n) is 17.7. The van der Waals surface area contributed by atoms with E-state index >= 15 is 0 Å². The average Bonchev–Trinajstić information content (AvgIpc) is 3.56. The lowest BCUT2D eigenvalue weighted by molar-refractivity contribution is 0.183. The molecule has 0 spiro atoms. The van der Waals surface area contributed by atoms with Crippen molar-refractivity contribution in [2.75, 3.05) is 0 Å². The molecule has 0 nitrogen and oxygen atoms in total. The van der Waals surface area contributed by atoms with Gasteiger partial charge < -0.3 is 0 Å². The Labute approximate surface area is 309 Å². The van der Waals surface area contributed by atoms with Crippen LogP contribution >= 0.6 is 0 Å². The first-order valence-electron chi connectivity index (χ1n) is 22.9. The largest absolute Gasteiger partial charge is 0.0651 e. The summed E-state index contributed by atoms with van der Waals surface area (Å²) in [6.45, 7) is 37.3. The maximum absolute atomic E-state index is 2.42. The van der Waals surface area contributed by atoms with E-state index in [4.69, 9.17) is 0 Å². The van der Waals surface area contributed by atoms with Crippen LogP contribution in [0.15, 0.2) is 0 Å². The zero-order valence-electron chi connectivity index (χ0n) is 37.1. The van der Waals surface area contributed by atoms with E-state index in [1.54, 1.807) is 0 Å².